The van der Waals surface area contributed by atoms with E-state index in [-0.39, 0.29) is 24.4 Å². The monoisotopic (exact) mass is 318 g/mol. The molecule has 2 aromatic carbocycles. The molecule has 0 aliphatic heterocycles. The summed E-state index contributed by atoms with van der Waals surface area (Å²) >= 11 is 0. The summed E-state index contributed by atoms with van der Waals surface area (Å²) in [6, 6.07) is 10.0. The van der Waals surface area contributed by atoms with Crippen LogP contribution in [0.25, 0.3) is 0 Å². The second-order valence-electron chi connectivity index (χ2n) is 5.10. The fourth-order valence-corrected chi connectivity index (χ4v) is 1.91. The van der Waals surface area contributed by atoms with Crippen LogP contribution in [0.1, 0.15) is 27.6 Å². The molecule has 0 aliphatic carbocycles. The van der Waals surface area contributed by atoms with E-state index in [0.717, 1.165) is 0 Å². The smallest absolute Gasteiger partial charge is 0.251 e. The van der Waals surface area contributed by atoms with Gasteiger partial charge in [-0.2, -0.15) is 0 Å². The van der Waals surface area contributed by atoms with Crippen LogP contribution in [-0.2, 0) is 0 Å². The van der Waals surface area contributed by atoms with Gasteiger partial charge in [0.05, 0.1) is 0 Å². The van der Waals surface area contributed by atoms with Crippen LogP contribution in [0.4, 0.5) is 8.78 Å². The number of nitrogens with one attached hydrogen (secondary N) is 2. The summed E-state index contributed by atoms with van der Waals surface area (Å²) in [4.78, 5) is 23.8. The third-order valence-electron chi connectivity index (χ3n) is 3.16. The molecule has 0 fully saturated rings. The Morgan fingerprint density at radius 1 is 0.870 bits per heavy atom. The summed E-state index contributed by atoms with van der Waals surface area (Å²) in [6.45, 7) is 1.94. The predicted molar refractivity (Wildman–Crippen MR) is 82.1 cm³/mol. The first-order valence-electron chi connectivity index (χ1n) is 7.06. The average Bonchev–Trinajstić information content (AvgIpc) is 2.54. The van der Waals surface area contributed by atoms with Crippen molar-refractivity contribution in [3.05, 3.63) is 71.3 Å². The molecule has 0 aromatic heterocycles. The standard InChI is InChI=1S/C17H16F2N2O2/c1-11(21-17(23)13-4-8-15(19)9-5-13)10-20-16(22)12-2-6-14(18)7-3-12/h2-9,11H,10H2,1H3,(H,20,22)(H,21,23)/t11-/m0/s1. The SMILES string of the molecule is C[C@@H](CNC(=O)c1ccc(F)cc1)NC(=O)c1ccc(F)cc1. The van der Waals surface area contributed by atoms with Crippen LogP contribution in [0.3, 0.4) is 0 Å². The van der Waals surface area contributed by atoms with E-state index in [1.807, 2.05) is 0 Å². The van der Waals surface area contributed by atoms with E-state index in [1.54, 1.807) is 6.92 Å². The van der Waals surface area contributed by atoms with E-state index in [9.17, 15) is 18.4 Å². The van der Waals surface area contributed by atoms with Gasteiger partial charge in [0.15, 0.2) is 0 Å². The van der Waals surface area contributed by atoms with Crippen molar-refractivity contribution >= 4 is 11.8 Å². The number of carbonyl (C=O) groups excluding carboxylic acids is 2. The Hall–Kier alpha value is -2.76. The van der Waals surface area contributed by atoms with Crippen molar-refractivity contribution in [3.8, 4) is 0 Å². The van der Waals surface area contributed by atoms with Crippen LogP contribution in [0, 0.1) is 11.6 Å². The zero-order chi connectivity index (χ0) is 16.8. The Morgan fingerprint density at radius 3 is 1.78 bits per heavy atom. The van der Waals surface area contributed by atoms with Gasteiger partial charge in [-0.25, -0.2) is 8.78 Å². The molecule has 0 spiro atoms. The minimum Gasteiger partial charge on any atom is -0.350 e. The molecule has 4 nitrogen and oxygen atoms in total. The van der Waals surface area contributed by atoms with Crippen molar-refractivity contribution in [2.75, 3.05) is 6.54 Å². The molecule has 0 radical (unpaired) electrons. The van der Waals surface area contributed by atoms with E-state index in [1.165, 1.54) is 48.5 Å². The largest absolute Gasteiger partial charge is 0.350 e. The number of halogens is 2. The zero-order valence-corrected chi connectivity index (χ0v) is 12.5. The van der Waals surface area contributed by atoms with Crippen molar-refractivity contribution in [1.82, 2.24) is 10.6 Å². The first kappa shape index (κ1) is 16.6. The minimum atomic E-state index is -0.416. The third-order valence-corrected chi connectivity index (χ3v) is 3.16. The zero-order valence-electron chi connectivity index (χ0n) is 12.5. The Labute approximate surface area is 132 Å². The fraction of sp³-hybridized carbons (Fsp3) is 0.176. The summed E-state index contributed by atoms with van der Waals surface area (Å²) in [5.74, 6) is -1.54. The Kier molecular flexibility index (Phi) is 5.41. The summed E-state index contributed by atoms with van der Waals surface area (Å²) in [5, 5.41) is 5.34. The molecule has 0 heterocycles. The molecule has 120 valence electrons. The molecule has 0 saturated heterocycles. The van der Waals surface area contributed by atoms with Crippen LogP contribution in [0.15, 0.2) is 48.5 Å². The highest BCUT2D eigenvalue weighted by Gasteiger charge is 2.12. The van der Waals surface area contributed by atoms with Gasteiger partial charge in [0.2, 0.25) is 0 Å². The van der Waals surface area contributed by atoms with E-state index < -0.39 is 11.6 Å². The Morgan fingerprint density at radius 2 is 1.30 bits per heavy atom. The van der Waals surface area contributed by atoms with Crippen LogP contribution in [-0.4, -0.2) is 24.4 Å². The molecule has 0 unspecified atom stereocenters. The highest BCUT2D eigenvalue weighted by Crippen LogP contribution is 2.04. The highest BCUT2D eigenvalue weighted by molar-refractivity contribution is 5.95. The molecule has 23 heavy (non-hydrogen) atoms. The summed E-state index contributed by atoms with van der Waals surface area (Å²) in [7, 11) is 0. The van der Waals surface area contributed by atoms with Crippen LogP contribution < -0.4 is 10.6 Å². The summed E-state index contributed by atoms with van der Waals surface area (Å²) in [5.41, 5.74) is 0.673. The number of hydrogen-bond donors (Lipinski definition) is 2. The van der Waals surface area contributed by atoms with Crippen molar-refractivity contribution in [2.24, 2.45) is 0 Å². The van der Waals surface area contributed by atoms with Gasteiger partial charge in [-0.05, 0) is 55.5 Å². The van der Waals surface area contributed by atoms with Crippen molar-refractivity contribution in [2.45, 2.75) is 13.0 Å². The van der Waals surface area contributed by atoms with Crippen molar-refractivity contribution < 1.29 is 18.4 Å². The molecular weight excluding hydrogens is 302 g/mol. The van der Waals surface area contributed by atoms with E-state index in [4.69, 9.17) is 0 Å². The maximum atomic E-state index is 12.8. The molecule has 2 amide bonds. The lowest BCUT2D eigenvalue weighted by molar-refractivity contribution is 0.0912. The fourth-order valence-electron chi connectivity index (χ4n) is 1.91. The van der Waals surface area contributed by atoms with Crippen LogP contribution in [0.5, 0.6) is 0 Å². The third kappa shape index (κ3) is 4.88. The first-order chi connectivity index (χ1) is 11.0. The Balaban J connectivity index is 1.83. The Bertz CT molecular complexity index is 685. The lowest BCUT2D eigenvalue weighted by Crippen LogP contribution is -2.41. The van der Waals surface area contributed by atoms with Gasteiger partial charge < -0.3 is 10.6 Å². The molecule has 2 N–H and O–H groups in total. The normalized spacial score (nSPS) is 11.6. The quantitative estimate of drug-likeness (QED) is 0.890. The molecule has 0 aliphatic rings. The molecule has 0 bridgehead atoms. The molecule has 0 saturated carbocycles. The van der Waals surface area contributed by atoms with Gasteiger partial charge in [0, 0.05) is 23.7 Å². The summed E-state index contributed by atoms with van der Waals surface area (Å²) in [6.07, 6.45) is 0. The maximum Gasteiger partial charge on any atom is 0.251 e. The molecular formula is C17H16F2N2O2. The van der Waals surface area contributed by atoms with Gasteiger partial charge in [0.1, 0.15) is 11.6 Å². The number of hydrogen-bond acceptors (Lipinski definition) is 2. The van der Waals surface area contributed by atoms with E-state index >= 15 is 0 Å². The second-order valence-corrected chi connectivity index (χ2v) is 5.10. The highest BCUT2D eigenvalue weighted by atomic mass is 19.1. The van der Waals surface area contributed by atoms with Crippen LogP contribution >= 0.6 is 0 Å². The number of carbonyl (C=O) groups is 2. The minimum absolute atomic E-state index is 0.211. The summed E-state index contributed by atoms with van der Waals surface area (Å²) < 4.78 is 25.6. The number of amides is 2. The second kappa shape index (κ2) is 7.49. The number of benzene rings is 2. The van der Waals surface area contributed by atoms with E-state index in [2.05, 4.69) is 10.6 Å². The van der Waals surface area contributed by atoms with Gasteiger partial charge >= 0.3 is 0 Å². The van der Waals surface area contributed by atoms with Crippen LogP contribution in [0.2, 0.25) is 0 Å². The van der Waals surface area contributed by atoms with E-state index in [0.29, 0.717) is 11.1 Å². The lowest BCUT2D eigenvalue weighted by Gasteiger charge is -2.15. The van der Waals surface area contributed by atoms with Crippen molar-refractivity contribution in [1.29, 1.82) is 0 Å². The maximum absolute atomic E-state index is 12.8. The molecule has 2 rings (SSSR count). The lowest BCUT2D eigenvalue weighted by atomic mass is 10.2. The molecule has 6 heteroatoms. The topological polar surface area (TPSA) is 58.2 Å². The van der Waals surface area contributed by atoms with Gasteiger partial charge in [-0.3, -0.25) is 9.59 Å². The van der Waals surface area contributed by atoms with Crippen molar-refractivity contribution in [3.63, 3.8) is 0 Å². The first-order valence-corrected chi connectivity index (χ1v) is 7.06. The number of rotatable bonds is 5. The van der Waals surface area contributed by atoms with Gasteiger partial charge in [-0.15, -0.1) is 0 Å². The molecule has 1 atom stereocenters. The van der Waals surface area contributed by atoms with Gasteiger partial charge in [0.25, 0.3) is 11.8 Å². The predicted octanol–water partition coefficient (Wildman–Crippen LogP) is 2.51. The molecule has 2 aromatic rings. The van der Waals surface area contributed by atoms with Gasteiger partial charge in [-0.1, -0.05) is 0 Å². The average molecular weight is 318 g/mol.